The van der Waals surface area contributed by atoms with Gasteiger partial charge < -0.3 is 15.4 Å². The Kier molecular flexibility index (Phi) is 4.83. The Balaban J connectivity index is 1.69. The molecule has 3 rings (SSSR count). The molecule has 1 aliphatic carbocycles. The van der Waals surface area contributed by atoms with E-state index in [9.17, 15) is 9.59 Å². The molecule has 0 aromatic heterocycles. The van der Waals surface area contributed by atoms with E-state index < -0.39 is 5.41 Å². The highest BCUT2D eigenvalue weighted by molar-refractivity contribution is 6.32. The van der Waals surface area contributed by atoms with Gasteiger partial charge in [-0.1, -0.05) is 11.6 Å². The molecule has 0 radical (unpaired) electrons. The van der Waals surface area contributed by atoms with E-state index in [0.717, 1.165) is 0 Å². The maximum Gasteiger partial charge on any atom is 0.240 e. The van der Waals surface area contributed by atoms with Crippen molar-refractivity contribution in [3.05, 3.63) is 53.1 Å². The number of rotatable bonds is 5. The maximum atomic E-state index is 12.6. The highest BCUT2D eigenvalue weighted by atomic mass is 35.5. The predicted octanol–water partition coefficient (Wildman–Crippen LogP) is 3.58. The zero-order chi connectivity index (χ0) is 18.7. The van der Waals surface area contributed by atoms with Crippen LogP contribution in [0.15, 0.2) is 42.5 Å². The summed E-state index contributed by atoms with van der Waals surface area (Å²) in [6.07, 6.45) is 0.954. The molecule has 7 heteroatoms. The summed E-state index contributed by atoms with van der Waals surface area (Å²) in [6.45, 7) is 0. The number of benzene rings is 2. The zero-order valence-electron chi connectivity index (χ0n) is 14.0. The van der Waals surface area contributed by atoms with Gasteiger partial charge in [-0.3, -0.25) is 9.59 Å². The van der Waals surface area contributed by atoms with Gasteiger partial charge in [0.2, 0.25) is 11.8 Å². The van der Waals surface area contributed by atoms with E-state index in [2.05, 4.69) is 10.6 Å². The van der Waals surface area contributed by atoms with Crippen LogP contribution in [0.4, 0.5) is 11.4 Å². The average Bonchev–Trinajstić information content (AvgIpc) is 3.44. The summed E-state index contributed by atoms with van der Waals surface area (Å²) in [4.78, 5) is 25.2. The molecule has 6 nitrogen and oxygen atoms in total. The fourth-order valence-electron chi connectivity index (χ4n) is 2.56. The van der Waals surface area contributed by atoms with Gasteiger partial charge in [-0.05, 0) is 55.3 Å². The van der Waals surface area contributed by atoms with Crippen molar-refractivity contribution >= 4 is 34.8 Å². The lowest BCUT2D eigenvalue weighted by atomic mass is 10.0. The number of nitriles is 1. The first kappa shape index (κ1) is 17.8. The number of methoxy groups -OCH3 is 1. The van der Waals surface area contributed by atoms with Crippen LogP contribution in [0, 0.1) is 16.7 Å². The summed E-state index contributed by atoms with van der Waals surface area (Å²) >= 11 is 6.06. The van der Waals surface area contributed by atoms with Crippen molar-refractivity contribution in [3.8, 4) is 11.8 Å². The van der Waals surface area contributed by atoms with Gasteiger partial charge in [0, 0.05) is 11.4 Å². The molecular formula is C19H16ClN3O3. The van der Waals surface area contributed by atoms with Crippen LogP contribution < -0.4 is 15.4 Å². The quantitative estimate of drug-likeness (QED) is 0.788. The number of halogens is 1. The smallest absolute Gasteiger partial charge is 0.240 e. The van der Waals surface area contributed by atoms with E-state index in [4.69, 9.17) is 21.6 Å². The third-order valence-corrected chi connectivity index (χ3v) is 4.60. The number of ether oxygens (including phenoxy) is 1. The lowest BCUT2D eigenvalue weighted by Gasteiger charge is -2.16. The number of carbonyl (C=O) groups excluding carboxylic acids is 2. The Bertz CT molecular complexity index is 899. The van der Waals surface area contributed by atoms with Crippen molar-refractivity contribution in [1.82, 2.24) is 0 Å². The minimum atomic E-state index is -1.08. The molecule has 0 unspecified atom stereocenters. The summed E-state index contributed by atoms with van der Waals surface area (Å²) in [6, 6.07) is 13.4. The van der Waals surface area contributed by atoms with Crippen LogP contribution in [0.3, 0.4) is 0 Å². The molecular weight excluding hydrogens is 354 g/mol. The van der Waals surface area contributed by atoms with Gasteiger partial charge in [-0.15, -0.1) is 0 Å². The number of hydrogen-bond donors (Lipinski definition) is 2. The van der Waals surface area contributed by atoms with Gasteiger partial charge in [0.05, 0.1) is 23.8 Å². The SMILES string of the molecule is COc1ccc(NC(=O)C2(C(=O)Nc3ccc(C#N)cc3)CC2)cc1Cl. The summed E-state index contributed by atoms with van der Waals surface area (Å²) in [7, 11) is 1.51. The van der Waals surface area contributed by atoms with Crippen LogP contribution in [0.1, 0.15) is 18.4 Å². The topological polar surface area (TPSA) is 91.2 Å². The molecule has 0 aliphatic heterocycles. The molecule has 132 valence electrons. The van der Waals surface area contributed by atoms with E-state index >= 15 is 0 Å². The van der Waals surface area contributed by atoms with Crippen molar-refractivity contribution in [2.24, 2.45) is 5.41 Å². The van der Waals surface area contributed by atoms with Crippen molar-refractivity contribution in [2.45, 2.75) is 12.8 Å². The first-order chi connectivity index (χ1) is 12.5. The number of hydrogen-bond acceptors (Lipinski definition) is 4. The van der Waals surface area contributed by atoms with Crippen molar-refractivity contribution < 1.29 is 14.3 Å². The summed E-state index contributed by atoms with van der Waals surface area (Å²) in [5.41, 5.74) is 0.456. The van der Waals surface area contributed by atoms with Crippen LogP contribution in [0.25, 0.3) is 0 Å². The lowest BCUT2D eigenvalue weighted by Crippen LogP contribution is -2.35. The molecule has 2 amide bonds. The largest absolute Gasteiger partial charge is 0.495 e. The molecule has 0 heterocycles. The second-order valence-corrected chi connectivity index (χ2v) is 6.44. The summed E-state index contributed by atoms with van der Waals surface area (Å²) in [5, 5.41) is 14.7. The average molecular weight is 370 g/mol. The van der Waals surface area contributed by atoms with Gasteiger partial charge in [0.15, 0.2) is 0 Å². The molecule has 1 aliphatic rings. The van der Waals surface area contributed by atoms with Gasteiger partial charge in [-0.2, -0.15) is 5.26 Å². The summed E-state index contributed by atoms with van der Waals surface area (Å²) < 4.78 is 5.08. The van der Waals surface area contributed by atoms with Gasteiger partial charge in [0.1, 0.15) is 11.2 Å². The number of amides is 2. The Hall–Kier alpha value is -3.04. The molecule has 1 fully saturated rings. The van der Waals surface area contributed by atoms with E-state index in [1.54, 1.807) is 42.5 Å². The van der Waals surface area contributed by atoms with Crippen LogP contribution >= 0.6 is 11.6 Å². The predicted molar refractivity (Wildman–Crippen MR) is 98.1 cm³/mol. The second-order valence-electron chi connectivity index (χ2n) is 6.03. The molecule has 0 spiro atoms. The van der Waals surface area contributed by atoms with Crippen LogP contribution in [0.5, 0.6) is 5.75 Å². The Morgan fingerprint density at radius 3 is 2.15 bits per heavy atom. The molecule has 0 bridgehead atoms. The highest BCUT2D eigenvalue weighted by Gasteiger charge is 2.56. The molecule has 1 saturated carbocycles. The Morgan fingerprint density at radius 2 is 1.65 bits per heavy atom. The zero-order valence-corrected chi connectivity index (χ0v) is 14.8. The number of nitrogens with one attached hydrogen (secondary N) is 2. The fourth-order valence-corrected chi connectivity index (χ4v) is 2.81. The first-order valence-corrected chi connectivity index (χ1v) is 8.33. The molecule has 26 heavy (non-hydrogen) atoms. The molecule has 2 aromatic carbocycles. The van der Waals surface area contributed by atoms with Crippen LogP contribution in [-0.4, -0.2) is 18.9 Å². The highest BCUT2D eigenvalue weighted by Crippen LogP contribution is 2.47. The van der Waals surface area contributed by atoms with Crippen LogP contribution in [0.2, 0.25) is 5.02 Å². The van der Waals surface area contributed by atoms with E-state index in [1.807, 2.05) is 6.07 Å². The standard InChI is InChI=1S/C19H16ClN3O3/c1-26-16-7-6-14(10-15(16)20)23-18(25)19(8-9-19)17(24)22-13-4-2-12(11-21)3-5-13/h2-7,10H,8-9H2,1H3,(H,22,24)(H,23,25). The summed E-state index contributed by atoms with van der Waals surface area (Å²) in [5.74, 6) is -0.228. The first-order valence-electron chi connectivity index (χ1n) is 7.95. The van der Waals surface area contributed by atoms with Gasteiger partial charge in [0.25, 0.3) is 0 Å². The van der Waals surface area contributed by atoms with E-state index in [1.165, 1.54) is 7.11 Å². The fraction of sp³-hybridized carbons (Fsp3) is 0.211. The lowest BCUT2D eigenvalue weighted by molar-refractivity contribution is -0.131. The Labute approximate surface area is 155 Å². The third-order valence-electron chi connectivity index (χ3n) is 4.30. The van der Waals surface area contributed by atoms with Crippen LogP contribution in [-0.2, 0) is 9.59 Å². The van der Waals surface area contributed by atoms with Crippen molar-refractivity contribution in [2.75, 3.05) is 17.7 Å². The minimum absolute atomic E-state index is 0.362. The number of anilines is 2. The normalized spacial score (nSPS) is 14.0. The van der Waals surface area contributed by atoms with Crippen molar-refractivity contribution in [3.63, 3.8) is 0 Å². The Morgan fingerprint density at radius 1 is 1.08 bits per heavy atom. The molecule has 2 aromatic rings. The van der Waals surface area contributed by atoms with E-state index in [-0.39, 0.29) is 11.8 Å². The molecule has 0 atom stereocenters. The van der Waals surface area contributed by atoms with Gasteiger partial charge >= 0.3 is 0 Å². The second kappa shape index (κ2) is 7.06. The number of nitrogens with zero attached hydrogens (tertiary/aromatic N) is 1. The third kappa shape index (κ3) is 3.48. The number of carbonyl (C=O) groups is 2. The van der Waals surface area contributed by atoms with Crippen molar-refractivity contribution in [1.29, 1.82) is 5.26 Å². The molecule has 2 N–H and O–H groups in total. The van der Waals surface area contributed by atoms with E-state index in [0.29, 0.717) is 40.6 Å². The minimum Gasteiger partial charge on any atom is -0.495 e. The van der Waals surface area contributed by atoms with Gasteiger partial charge in [-0.25, -0.2) is 0 Å². The maximum absolute atomic E-state index is 12.6. The monoisotopic (exact) mass is 369 g/mol. The molecule has 0 saturated heterocycles.